The summed E-state index contributed by atoms with van der Waals surface area (Å²) in [6.07, 6.45) is 0.0884. The Bertz CT molecular complexity index is 625. The van der Waals surface area contributed by atoms with Gasteiger partial charge in [0.2, 0.25) is 11.8 Å². The molecule has 1 aliphatic heterocycles. The summed E-state index contributed by atoms with van der Waals surface area (Å²) in [4.78, 5) is 37.3. The Morgan fingerprint density at radius 2 is 2.00 bits per heavy atom. The Hall–Kier alpha value is -1.77. The summed E-state index contributed by atoms with van der Waals surface area (Å²) >= 11 is 1.20. The number of hydrogen-bond donors (Lipinski definition) is 1. The molecule has 138 valence electrons. The summed E-state index contributed by atoms with van der Waals surface area (Å²) in [5.74, 6) is -0.213. The number of halogens is 1. The normalized spacial score (nSPS) is 17.9. The molecule has 2 N–H and O–H groups in total. The zero-order chi connectivity index (χ0) is 17.7. The van der Waals surface area contributed by atoms with Crippen molar-refractivity contribution < 1.29 is 23.9 Å². The van der Waals surface area contributed by atoms with Crippen LogP contribution in [0.4, 0.5) is 5.69 Å². The third-order valence-corrected chi connectivity index (χ3v) is 4.82. The van der Waals surface area contributed by atoms with E-state index in [0.717, 1.165) is 4.90 Å². The second-order valence-corrected chi connectivity index (χ2v) is 6.39. The third kappa shape index (κ3) is 5.10. The lowest BCUT2D eigenvalue weighted by molar-refractivity contribution is -0.144. The minimum absolute atomic E-state index is 0. The molecule has 1 unspecified atom stereocenters. The van der Waals surface area contributed by atoms with Crippen molar-refractivity contribution in [2.45, 2.75) is 24.6 Å². The monoisotopic (exact) mass is 388 g/mol. The first-order valence-corrected chi connectivity index (χ1v) is 8.57. The first kappa shape index (κ1) is 21.3. The Labute approximate surface area is 156 Å². The molecule has 0 saturated carbocycles. The van der Waals surface area contributed by atoms with Gasteiger partial charge in [-0.05, 0) is 31.2 Å². The molecule has 0 aliphatic carbocycles. The third-order valence-electron chi connectivity index (χ3n) is 3.50. The first-order valence-electron chi connectivity index (χ1n) is 7.52. The van der Waals surface area contributed by atoms with E-state index in [4.69, 9.17) is 15.2 Å². The second kappa shape index (κ2) is 9.65. The first-order chi connectivity index (χ1) is 11.5. The molecule has 2 amide bonds. The fraction of sp³-hybridized carbons (Fsp3) is 0.438. The quantitative estimate of drug-likeness (QED) is 0.556. The van der Waals surface area contributed by atoms with E-state index >= 15 is 0 Å². The zero-order valence-corrected chi connectivity index (χ0v) is 15.6. The fourth-order valence-electron chi connectivity index (χ4n) is 2.27. The SMILES string of the molecule is CCOC(=O)[C@@H](N)CSC1CC(=O)N(c2ccc(OC)cc2)C1=O.Cl. The van der Waals surface area contributed by atoms with Gasteiger partial charge in [0.1, 0.15) is 11.8 Å². The number of hydrogen-bond acceptors (Lipinski definition) is 7. The van der Waals surface area contributed by atoms with E-state index < -0.39 is 17.3 Å². The van der Waals surface area contributed by atoms with Gasteiger partial charge >= 0.3 is 5.97 Å². The predicted octanol–water partition coefficient (Wildman–Crippen LogP) is 1.37. The van der Waals surface area contributed by atoms with Crippen LogP contribution in [0.2, 0.25) is 0 Å². The molecule has 1 aromatic rings. The minimum Gasteiger partial charge on any atom is -0.497 e. The van der Waals surface area contributed by atoms with E-state index in [-0.39, 0.29) is 43.0 Å². The number of methoxy groups -OCH3 is 1. The minimum atomic E-state index is -0.812. The van der Waals surface area contributed by atoms with Gasteiger partial charge in [0.15, 0.2) is 0 Å². The Balaban J connectivity index is 0.00000312. The summed E-state index contributed by atoms with van der Waals surface area (Å²) in [5.41, 5.74) is 6.22. The highest BCUT2D eigenvalue weighted by atomic mass is 35.5. The molecule has 9 heteroatoms. The topological polar surface area (TPSA) is 98.9 Å². The average molecular weight is 389 g/mol. The average Bonchev–Trinajstić information content (AvgIpc) is 2.86. The van der Waals surface area contributed by atoms with Crippen molar-refractivity contribution in [3.63, 3.8) is 0 Å². The number of carbonyl (C=O) groups excluding carboxylic acids is 3. The van der Waals surface area contributed by atoms with Crippen LogP contribution in [0.25, 0.3) is 0 Å². The number of rotatable bonds is 7. The van der Waals surface area contributed by atoms with Gasteiger partial charge in [-0.25, -0.2) is 4.90 Å². The number of carbonyl (C=O) groups is 3. The van der Waals surface area contributed by atoms with Crippen molar-refractivity contribution in [3.05, 3.63) is 24.3 Å². The molecule has 0 aromatic heterocycles. The van der Waals surface area contributed by atoms with Gasteiger partial charge in [-0.2, -0.15) is 0 Å². The van der Waals surface area contributed by atoms with E-state index in [0.29, 0.717) is 11.4 Å². The van der Waals surface area contributed by atoms with Gasteiger partial charge in [-0.1, -0.05) is 0 Å². The Kier molecular flexibility index (Phi) is 8.21. The number of amides is 2. The molecule has 25 heavy (non-hydrogen) atoms. The lowest BCUT2D eigenvalue weighted by atomic mass is 10.3. The summed E-state index contributed by atoms with van der Waals surface area (Å²) in [7, 11) is 1.54. The number of nitrogens with two attached hydrogens (primary N) is 1. The molecule has 1 fully saturated rings. The van der Waals surface area contributed by atoms with Crippen molar-refractivity contribution >= 4 is 47.6 Å². The Morgan fingerprint density at radius 3 is 2.56 bits per heavy atom. The maximum atomic E-state index is 12.5. The van der Waals surface area contributed by atoms with Gasteiger partial charge in [-0.3, -0.25) is 14.4 Å². The highest BCUT2D eigenvalue weighted by molar-refractivity contribution is 8.00. The van der Waals surface area contributed by atoms with Crippen LogP contribution in [-0.4, -0.2) is 48.5 Å². The van der Waals surface area contributed by atoms with Crippen molar-refractivity contribution in [2.24, 2.45) is 5.73 Å². The van der Waals surface area contributed by atoms with Crippen LogP contribution in [0.1, 0.15) is 13.3 Å². The van der Waals surface area contributed by atoms with Gasteiger partial charge in [0, 0.05) is 12.2 Å². The molecule has 0 bridgehead atoms. The van der Waals surface area contributed by atoms with Crippen LogP contribution in [0, 0.1) is 0 Å². The summed E-state index contributed by atoms with van der Waals surface area (Å²) in [6.45, 7) is 1.95. The smallest absolute Gasteiger partial charge is 0.323 e. The molecule has 7 nitrogen and oxygen atoms in total. The molecule has 0 spiro atoms. The van der Waals surface area contributed by atoms with E-state index in [1.807, 2.05) is 0 Å². The van der Waals surface area contributed by atoms with Gasteiger partial charge in [0.05, 0.1) is 24.7 Å². The van der Waals surface area contributed by atoms with Crippen molar-refractivity contribution in [1.82, 2.24) is 0 Å². The molecule has 1 aromatic carbocycles. The number of ether oxygens (including phenoxy) is 2. The van der Waals surface area contributed by atoms with Crippen LogP contribution >= 0.6 is 24.2 Å². The summed E-state index contributed by atoms with van der Waals surface area (Å²) < 4.78 is 9.89. The highest BCUT2D eigenvalue weighted by Crippen LogP contribution is 2.30. The molecule has 2 atom stereocenters. The van der Waals surface area contributed by atoms with Crippen LogP contribution in [0.3, 0.4) is 0 Å². The van der Waals surface area contributed by atoms with E-state index in [2.05, 4.69) is 0 Å². The molecular weight excluding hydrogens is 368 g/mol. The van der Waals surface area contributed by atoms with Gasteiger partial charge < -0.3 is 15.2 Å². The molecule has 0 radical (unpaired) electrons. The van der Waals surface area contributed by atoms with Crippen LogP contribution in [-0.2, 0) is 19.1 Å². The van der Waals surface area contributed by atoms with E-state index in [1.165, 1.54) is 11.8 Å². The largest absolute Gasteiger partial charge is 0.497 e. The molecule has 1 aliphatic rings. The molecule has 1 heterocycles. The predicted molar refractivity (Wildman–Crippen MR) is 98.2 cm³/mol. The summed E-state index contributed by atoms with van der Waals surface area (Å²) in [6, 6.07) is 5.88. The zero-order valence-electron chi connectivity index (χ0n) is 14.0. The summed E-state index contributed by atoms with van der Waals surface area (Å²) in [5, 5.41) is -0.542. The Morgan fingerprint density at radius 1 is 1.36 bits per heavy atom. The number of thioether (sulfide) groups is 1. The van der Waals surface area contributed by atoms with E-state index in [9.17, 15) is 14.4 Å². The van der Waals surface area contributed by atoms with Crippen molar-refractivity contribution in [1.29, 1.82) is 0 Å². The molecule has 2 rings (SSSR count). The number of nitrogens with zero attached hydrogens (tertiary/aromatic N) is 1. The lowest BCUT2D eigenvalue weighted by Gasteiger charge is -2.16. The van der Waals surface area contributed by atoms with Crippen LogP contribution < -0.4 is 15.4 Å². The number of esters is 1. The highest BCUT2D eigenvalue weighted by Gasteiger charge is 2.40. The maximum Gasteiger partial charge on any atom is 0.323 e. The fourth-order valence-corrected chi connectivity index (χ4v) is 3.36. The van der Waals surface area contributed by atoms with Gasteiger partial charge in [-0.15, -0.1) is 24.2 Å². The number of anilines is 1. The number of imide groups is 1. The van der Waals surface area contributed by atoms with Gasteiger partial charge in [0.25, 0.3) is 0 Å². The molecular formula is C16H21ClN2O5S. The van der Waals surface area contributed by atoms with Crippen molar-refractivity contribution in [3.8, 4) is 5.75 Å². The second-order valence-electron chi connectivity index (χ2n) is 5.15. The van der Waals surface area contributed by atoms with Crippen LogP contribution in [0.15, 0.2) is 24.3 Å². The molecule has 1 saturated heterocycles. The lowest BCUT2D eigenvalue weighted by Crippen LogP contribution is -2.36. The van der Waals surface area contributed by atoms with Crippen LogP contribution in [0.5, 0.6) is 5.75 Å². The van der Waals surface area contributed by atoms with E-state index in [1.54, 1.807) is 38.3 Å². The maximum absolute atomic E-state index is 12.5. The van der Waals surface area contributed by atoms with Crippen molar-refractivity contribution in [2.75, 3.05) is 24.4 Å². The number of benzene rings is 1. The standard InChI is InChI=1S/C16H20N2O5S.ClH/c1-3-23-16(21)12(17)9-24-13-8-14(19)18(15(13)20)10-4-6-11(22-2)7-5-10;/h4-7,12-13H,3,8-9,17H2,1-2H3;1H/t12-,13?;/m0./s1.